The van der Waals surface area contributed by atoms with Crippen LogP contribution in [0.25, 0.3) is 0 Å². The number of quaternary nitrogens is 1. The Morgan fingerprint density at radius 1 is 0.719 bits per heavy atom. The Balaban J connectivity index is -0.000000181. The molecule has 0 saturated carbocycles. The fourth-order valence-electron chi connectivity index (χ4n) is 3.04. The van der Waals surface area contributed by atoms with Crippen LogP contribution in [-0.4, -0.2) is 99.0 Å². The number of rotatable bonds is 14. The average molecular weight is 488 g/mol. The molecule has 0 aliphatic carbocycles. The molecule has 0 fully saturated rings. The van der Waals surface area contributed by atoms with Gasteiger partial charge in [0.2, 0.25) is 0 Å². The molecule has 0 aliphatic rings. The maximum Gasteiger partial charge on any atom is 2.00 e. The predicted molar refractivity (Wildman–Crippen MR) is 121 cm³/mol. The zero-order chi connectivity index (χ0) is 25.0. The molecule has 8 nitrogen and oxygen atoms in total. The molecule has 0 heterocycles. The Morgan fingerprint density at radius 2 is 1.00 bits per heavy atom. The number of likely N-dealkylation sites (N-methyl/N-ethyl adjacent to an activating group) is 1. The zero-order valence-electron chi connectivity index (χ0n) is 21.4. The second-order valence-electron chi connectivity index (χ2n) is 8.89. The van der Waals surface area contributed by atoms with E-state index in [1.807, 2.05) is 48.8 Å². The van der Waals surface area contributed by atoms with Gasteiger partial charge >= 0.3 is 37.7 Å². The molecule has 0 rings (SSSR count). The van der Waals surface area contributed by atoms with Gasteiger partial charge in [0.1, 0.15) is 12.6 Å². The van der Waals surface area contributed by atoms with Crippen molar-refractivity contribution in [1.29, 1.82) is 0 Å². The van der Waals surface area contributed by atoms with Crippen LogP contribution in [0.1, 0.15) is 85.5 Å². The molecule has 0 aromatic carbocycles. The van der Waals surface area contributed by atoms with E-state index in [0.29, 0.717) is 11.0 Å². The molecule has 1 atom stereocenters. The van der Waals surface area contributed by atoms with E-state index < -0.39 is 24.0 Å². The van der Waals surface area contributed by atoms with Gasteiger partial charge in [0.25, 0.3) is 0 Å². The van der Waals surface area contributed by atoms with Gasteiger partial charge < -0.3 is 39.3 Å². The van der Waals surface area contributed by atoms with E-state index in [1.54, 1.807) is 0 Å². The van der Waals surface area contributed by atoms with Gasteiger partial charge in [-0.1, -0.05) is 53.4 Å². The SMILES string of the molecule is CCCC(CCC)C(=O)[O-].CCCC(CCC)C(=O)[O-].C[N+](C)(C)CC(O)CC(=O)[O-].[Ca+2]. The summed E-state index contributed by atoms with van der Waals surface area (Å²) in [6.07, 6.45) is 5.67. The van der Waals surface area contributed by atoms with E-state index >= 15 is 0 Å². The van der Waals surface area contributed by atoms with Crippen molar-refractivity contribution in [3.05, 3.63) is 0 Å². The number of nitrogens with zero attached hydrogens (tertiary/aromatic N) is 1. The number of carboxylic acids is 3. The minimum absolute atomic E-state index is 0. The average Bonchev–Trinajstić information content (AvgIpc) is 2.60. The first-order valence-corrected chi connectivity index (χ1v) is 11.3. The van der Waals surface area contributed by atoms with Crippen LogP contribution in [-0.2, 0) is 14.4 Å². The van der Waals surface area contributed by atoms with Crippen molar-refractivity contribution < 1.29 is 39.3 Å². The van der Waals surface area contributed by atoms with Crippen LogP contribution in [0.5, 0.6) is 0 Å². The third kappa shape index (κ3) is 29.6. The van der Waals surface area contributed by atoms with Gasteiger partial charge in [0, 0.05) is 24.3 Å². The van der Waals surface area contributed by atoms with Gasteiger partial charge in [-0.15, -0.1) is 0 Å². The van der Waals surface area contributed by atoms with E-state index in [4.69, 9.17) is 5.11 Å². The van der Waals surface area contributed by atoms with Crippen LogP contribution >= 0.6 is 0 Å². The molecular weight excluding hydrogens is 442 g/mol. The topological polar surface area (TPSA) is 141 Å². The third-order valence-corrected chi connectivity index (χ3v) is 4.38. The zero-order valence-corrected chi connectivity index (χ0v) is 23.6. The summed E-state index contributed by atoms with van der Waals surface area (Å²) in [6, 6.07) is 0. The van der Waals surface area contributed by atoms with Crippen molar-refractivity contribution in [2.24, 2.45) is 11.8 Å². The monoisotopic (exact) mass is 487 g/mol. The van der Waals surface area contributed by atoms with Gasteiger partial charge in [-0.05, 0) is 37.5 Å². The molecule has 32 heavy (non-hydrogen) atoms. The summed E-state index contributed by atoms with van der Waals surface area (Å²) >= 11 is 0. The molecule has 0 saturated heterocycles. The molecule has 9 heteroatoms. The van der Waals surface area contributed by atoms with Crippen molar-refractivity contribution in [1.82, 2.24) is 0 Å². The van der Waals surface area contributed by atoms with Crippen LogP contribution in [0.3, 0.4) is 0 Å². The van der Waals surface area contributed by atoms with Gasteiger partial charge in [-0.3, -0.25) is 0 Å². The second kappa shape index (κ2) is 23.7. The van der Waals surface area contributed by atoms with Gasteiger partial charge in [-0.2, -0.15) is 0 Å². The second-order valence-corrected chi connectivity index (χ2v) is 8.89. The summed E-state index contributed by atoms with van der Waals surface area (Å²) in [4.78, 5) is 30.8. The number of carbonyl (C=O) groups is 3. The number of aliphatic carboxylic acids is 3. The van der Waals surface area contributed by atoms with Gasteiger partial charge in [0.15, 0.2) is 0 Å². The molecule has 0 radical (unpaired) electrons. The van der Waals surface area contributed by atoms with Crippen molar-refractivity contribution in [2.45, 2.75) is 91.6 Å². The summed E-state index contributed by atoms with van der Waals surface area (Å²) in [5.74, 6) is -3.40. The van der Waals surface area contributed by atoms with Gasteiger partial charge in [-0.25, -0.2) is 0 Å². The van der Waals surface area contributed by atoms with Crippen molar-refractivity contribution >= 4 is 55.6 Å². The molecule has 0 spiro atoms. The molecule has 186 valence electrons. The Labute approximate surface area is 225 Å². The Hall–Kier alpha value is -0.410. The Bertz CT molecular complexity index is 443. The van der Waals surface area contributed by atoms with Crippen molar-refractivity contribution in [3.8, 4) is 0 Å². The summed E-state index contributed by atoms with van der Waals surface area (Å²) in [5, 5.41) is 39.9. The first-order valence-electron chi connectivity index (χ1n) is 11.3. The molecule has 0 aromatic rings. The number of aliphatic hydroxyl groups excluding tert-OH is 1. The normalized spacial score (nSPS) is 11.4. The number of hydrogen-bond acceptors (Lipinski definition) is 7. The summed E-state index contributed by atoms with van der Waals surface area (Å²) in [6.45, 7) is 8.39. The largest absolute Gasteiger partial charge is 2.00 e. The summed E-state index contributed by atoms with van der Waals surface area (Å²) in [7, 11) is 5.66. The van der Waals surface area contributed by atoms with Gasteiger partial charge in [0.05, 0.1) is 21.1 Å². The van der Waals surface area contributed by atoms with E-state index in [1.165, 1.54) is 0 Å². The number of aliphatic hydroxyl groups is 1. The van der Waals surface area contributed by atoms with Crippen LogP contribution in [0, 0.1) is 11.8 Å². The quantitative estimate of drug-likeness (QED) is 0.262. The molecule has 1 N–H and O–H groups in total. The van der Waals surface area contributed by atoms with E-state index in [2.05, 4.69) is 0 Å². The maximum atomic E-state index is 10.4. The fourth-order valence-corrected chi connectivity index (χ4v) is 3.04. The molecule has 1 unspecified atom stereocenters. The first-order chi connectivity index (χ1) is 14.2. The smallest absolute Gasteiger partial charge is 0.550 e. The molecule has 0 aromatic heterocycles. The fraction of sp³-hybridized carbons (Fsp3) is 0.870. The maximum absolute atomic E-state index is 10.4. The van der Waals surface area contributed by atoms with Crippen LogP contribution < -0.4 is 15.3 Å². The Kier molecular flexibility index (Phi) is 28.8. The molecule has 0 bridgehead atoms. The van der Waals surface area contributed by atoms with Crippen LogP contribution in [0.2, 0.25) is 0 Å². The standard InChI is InChI=1S/2C8H16O2.C7H15NO3.Ca/c2*1-3-5-7(6-4-2)8(9)10;1-8(2,3)5-6(9)4-7(10)11;/h2*7H,3-6H2,1-2H3,(H,9,10);6,9H,4-5H2,1-3H3;/q;;;+2/p-2. The van der Waals surface area contributed by atoms with Crippen molar-refractivity contribution in [2.75, 3.05) is 27.7 Å². The Morgan fingerprint density at radius 3 is 1.16 bits per heavy atom. The van der Waals surface area contributed by atoms with Crippen LogP contribution in [0.4, 0.5) is 0 Å². The van der Waals surface area contributed by atoms with E-state index in [9.17, 15) is 29.7 Å². The van der Waals surface area contributed by atoms with E-state index in [0.717, 1.165) is 51.4 Å². The number of carbonyl (C=O) groups excluding carboxylic acids is 3. The number of carboxylic acid groups (broad SMARTS) is 3. The first kappa shape index (κ1) is 38.8. The third-order valence-electron chi connectivity index (χ3n) is 4.38. The summed E-state index contributed by atoms with van der Waals surface area (Å²) < 4.78 is 0.550. The minimum atomic E-state index is -1.20. The molecular formula is C23H45CaNO7. The minimum Gasteiger partial charge on any atom is -0.550 e. The summed E-state index contributed by atoms with van der Waals surface area (Å²) in [5.41, 5.74) is 0. The van der Waals surface area contributed by atoms with Crippen LogP contribution in [0.15, 0.2) is 0 Å². The van der Waals surface area contributed by atoms with Crippen molar-refractivity contribution in [3.63, 3.8) is 0 Å². The van der Waals surface area contributed by atoms with E-state index in [-0.39, 0.29) is 56.0 Å². The predicted octanol–water partition coefficient (Wildman–Crippen LogP) is -0.282. The number of hydrogen-bond donors (Lipinski definition) is 1. The molecule has 0 aliphatic heterocycles. The molecule has 0 amide bonds.